The van der Waals surface area contributed by atoms with Gasteiger partial charge in [0.25, 0.3) is 0 Å². The Balaban J connectivity index is 1.27. The Morgan fingerprint density at radius 1 is 0.400 bits per heavy atom. The summed E-state index contributed by atoms with van der Waals surface area (Å²) in [7, 11) is 0. The van der Waals surface area contributed by atoms with Crippen molar-refractivity contribution < 1.29 is 42.9 Å². The van der Waals surface area contributed by atoms with Gasteiger partial charge in [0.1, 0.15) is 11.5 Å². The normalized spacial score (nSPS) is 27.1. The first-order valence-electron chi connectivity index (χ1n) is 23.5. The zero-order valence-corrected chi connectivity index (χ0v) is 42.1. The average Bonchev–Trinajstić information content (AvgIpc) is 3.71. The molecule has 360 valence electrons. The van der Waals surface area contributed by atoms with Crippen LogP contribution in [-0.2, 0) is 18.9 Å². The molecular weight excluding hydrogens is 825 g/mol. The molecule has 0 bridgehead atoms. The van der Waals surface area contributed by atoms with E-state index in [0.717, 1.165) is 25.7 Å². The summed E-state index contributed by atoms with van der Waals surface area (Å²) in [6.07, 6.45) is 3.21. The summed E-state index contributed by atoms with van der Waals surface area (Å²) in [5.74, 6) is -2.12. The summed E-state index contributed by atoms with van der Waals surface area (Å²) in [5.41, 5.74) is -1.54. The van der Waals surface area contributed by atoms with E-state index in [0.29, 0.717) is 0 Å². The maximum Gasteiger partial charge on any atom is 0.339 e. The van der Waals surface area contributed by atoms with Crippen molar-refractivity contribution in [3.63, 3.8) is 0 Å². The lowest BCUT2D eigenvalue weighted by molar-refractivity contribution is 0.0352. The number of nitrogens with one attached hydrogen (secondary N) is 4. The van der Waals surface area contributed by atoms with Crippen LogP contribution in [0.3, 0.4) is 0 Å². The maximum absolute atomic E-state index is 14.1. The summed E-state index contributed by atoms with van der Waals surface area (Å²) in [6, 6.07) is 9.06. The van der Waals surface area contributed by atoms with E-state index in [1.54, 1.807) is 12.1 Å². The number of carbonyl (C=O) groups is 4. The molecular formula is C52H78N4O9. The van der Waals surface area contributed by atoms with Crippen LogP contribution in [0.4, 0.5) is 0 Å². The summed E-state index contributed by atoms with van der Waals surface area (Å²) in [5, 5.41) is 14.5. The second-order valence-electron chi connectivity index (χ2n) is 24.4. The molecule has 2 aromatic rings. The first kappa shape index (κ1) is 50.4. The fraction of sp³-hybridized carbons (Fsp3) is 0.692. The van der Waals surface area contributed by atoms with Crippen LogP contribution < -0.4 is 26.0 Å². The lowest BCUT2D eigenvalue weighted by atomic mass is 9.88. The number of hydrogen-bond donors (Lipinski definition) is 4. The molecule has 0 radical (unpaired) electrons. The van der Waals surface area contributed by atoms with Crippen LogP contribution >= 0.6 is 0 Å². The van der Waals surface area contributed by atoms with Crippen molar-refractivity contribution in [2.75, 3.05) is 26.4 Å². The molecule has 6 rings (SSSR count). The molecule has 0 spiro atoms. The van der Waals surface area contributed by atoms with Gasteiger partial charge in [0.15, 0.2) is 0 Å². The first-order chi connectivity index (χ1) is 29.7. The summed E-state index contributed by atoms with van der Waals surface area (Å²) in [6.45, 7) is 34.4. The molecule has 4 N–H and O–H groups in total. The predicted octanol–water partition coefficient (Wildman–Crippen LogP) is 8.77. The molecule has 13 heteroatoms. The minimum absolute atomic E-state index is 0.0114. The highest BCUT2D eigenvalue weighted by Gasteiger charge is 2.48. The molecule has 0 saturated carbocycles. The van der Waals surface area contributed by atoms with Gasteiger partial charge in [-0.3, -0.25) is 0 Å². The second-order valence-corrected chi connectivity index (χ2v) is 24.4. The van der Waals surface area contributed by atoms with Crippen LogP contribution in [0.15, 0.2) is 36.4 Å². The highest BCUT2D eigenvalue weighted by atomic mass is 16.5. The number of benzene rings is 2. The van der Waals surface area contributed by atoms with Crippen molar-refractivity contribution in [3.8, 4) is 11.5 Å². The fourth-order valence-electron chi connectivity index (χ4n) is 11.7. The molecule has 0 aromatic heterocycles. The number of carbonyl (C=O) groups excluding carboxylic acids is 4. The molecule has 4 saturated heterocycles. The predicted molar refractivity (Wildman–Crippen MR) is 252 cm³/mol. The van der Waals surface area contributed by atoms with E-state index in [4.69, 9.17) is 23.7 Å². The molecule has 0 amide bonds. The van der Waals surface area contributed by atoms with Crippen LogP contribution in [-0.4, -0.2) is 94.6 Å². The van der Waals surface area contributed by atoms with E-state index in [1.807, 2.05) is 0 Å². The Bertz CT molecular complexity index is 2000. The molecule has 4 heterocycles. The number of ether oxygens (including phenoxy) is 5. The van der Waals surface area contributed by atoms with E-state index in [-0.39, 0.29) is 128 Å². The highest BCUT2D eigenvalue weighted by Crippen LogP contribution is 2.40. The molecule has 4 aliphatic rings. The Hall–Kier alpha value is -4.04. The van der Waals surface area contributed by atoms with Gasteiger partial charge in [-0.15, -0.1) is 0 Å². The zero-order chi connectivity index (χ0) is 48.3. The van der Waals surface area contributed by atoms with Gasteiger partial charge in [0.2, 0.25) is 0 Å². The van der Waals surface area contributed by atoms with Crippen molar-refractivity contribution in [2.24, 2.45) is 23.7 Å². The quantitative estimate of drug-likeness (QED) is 0.105. The molecule has 2 aromatic carbocycles. The maximum atomic E-state index is 14.1. The molecule has 4 unspecified atom stereocenters. The smallest absolute Gasteiger partial charge is 0.339 e. The molecule has 4 atom stereocenters. The van der Waals surface area contributed by atoms with Crippen molar-refractivity contribution in [1.82, 2.24) is 21.3 Å². The average molecular weight is 903 g/mol. The van der Waals surface area contributed by atoms with Gasteiger partial charge < -0.3 is 45.0 Å². The summed E-state index contributed by atoms with van der Waals surface area (Å²) in [4.78, 5) is 55.9. The third kappa shape index (κ3) is 11.9. The van der Waals surface area contributed by atoms with Crippen molar-refractivity contribution in [1.29, 1.82) is 0 Å². The van der Waals surface area contributed by atoms with Gasteiger partial charge in [0, 0.05) is 68.0 Å². The summed E-state index contributed by atoms with van der Waals surface area (Å²) < 4.78 is 30.1. The second kappa shape index (κ2) is 17.6. The van der Waals surface area contributed by atoms with Gasteiger partial charge >= 0.3 is 23.9 Å². The molecule has 0 aliphatic carbocycles. The van der Waals surface area contributed by atoms with Gasteiger partial charge in [-0.2, -0.15) is 0 Å². The van der Waals surface area contributed by atoms with E-state index in [9.17, 15) is 19.2 Å². The van der Waals surface area contributed by atoms with Gasteiger partial charge in [0.05, 0.1) is 48.7 Å². The summed E-state index contributed by atoms with van der Waals surface area (Å²) >= 11 is 0. The molecule has 4 fully saturated rings. The van der Waals surface area contributed by atoms with Gasteiger partial charge in [-0.25, -0.2) is 19.2 Å². The largest absolute Gasteiger partial charge is 0.462 e. The van der Waals surface area contributed by atoms with Crippen molar-refractivity contribution in [2.45, 2.75) is 181 Å². The Morgan fingerprint density at radius 2 is 0.631 bits per heavy atom. The first-order valence-corrected chi connectivity index (χ1v) is 23.5. The van der Waals surface area contributed by atoms with Crippen LogP contribution in [0.1, 0.15) is 178 Å². The van der Waals surface area contributed by atoms with E-state index in [1.165, 1.54) is 24.3 Å². The molecule has 13 nitrogen and oxygen atoms in total. The molecule has 4 aliphatic heterocycles. The van der Waals surface area contributed by atoms with Crippen LogP contribution in [0.25, 0.3) is 0 Å². The fourth-order valence-corrected chi connectivity index (χ4v) is 11.7. The SMILES string of the molecule is CC1(C)CC(COC(=O)c2ccc(Oc3ccc(C(=O)OCC4CC(C)(C)NC4(C)C)c(C(=O)OCC4CC(C)(C)NC4(C)C)c3)cc2C(=O)OCC2CC(C)(C)NC2(C)C)C(C)(C)N1. The van der Waals surface area contributed by atoms with Crippen molar-refractivity contribution >= 4 is 23.9 Å². The zero-order valence-electron chi connectivity index (χ0n) is 42.1. The monoisotopic (exact) mass is 903 g/mol. The lowest BCUT2D eigenvalue weighted by Crippen LogP contribution is -2.46. The lowest BCUT2D eigenvalue weighted by Gasteiger charge is -2.28. The number of rotatable bonds is 14. The Morgan fingerprint density at radius 3 is 0.846 bits per heavy atom. The Labute approximate surface area is 387 Å². The number of hydrogen-bond acceptors (Lipinski definition) is 13. The third-order valence-corrected chi connectivity index (χ3v) is 14.5. The molecule has 65 heavy (non-hydrogen) atoms. The van der Waals surface area contributed by atoms with E-state index in [2.05, 4.69) is 132 Å². The van der Waals surface area contributed by atoms with Crippen LogP contribution in [0.2, 0.25) is 0 Å². The standard InChI is InChI=1S/C52H78N4O9/c1-45(2)23-31(49(9,10)53-45)27-61-41(57)37-19-17-35(21-39(37)43(59)63-29-33-25-47(5,6)55-51(33,13)14)65-36-18-20-38(42(58)62-28-32-24-46(3,4)54-50(32,11)12)40(22-36)44(60)64-30-34-26-48(7,8)56-52(34,15)16/h17-22,31-34,53-56H,23-30H2,1-16H3. The minimum atomic E-state index is -0.689. The topological polar surface area (TPSA) is 163 Å². The van der Waals surface area contributed by atoms with Gasteiger partial charge in [-0.05, 0) is 173 Å². The minimum Gasteiger partial charge on any atom is -0.462 e. The van der Waals surface area contributed by atoms with Crippen molar-refractivity contribution in [3.05, 3.63) is 58.7 Å². The highest BCUT2D eigenvalue weighted by molar-refractivity contribution is 6.04. The van der Waals surface area contributed by atoms with E-state index < -0.39 is 23.9 Å². The van der Waals surface area contributed by atoms with E-state index >= 15 is 0 Å². The van der Waals surface area contributed by atoms with Crippen LogP contribution in [0, 0.1) is 23.7 Å². The third-order valence-electron chi connectivity index (χ3n) is 14.5. The van der Waals surface area contributed by atoms with Crippen LogP contribution in [0.5, 0.6) is 11.5 Å². The number of esters is 4. The van der Waals surface area contributed by atoms with Gasteiger partial charge in [-0.1, -0.05) is 0 Å². The Kier molecular flexibility index (Phi) is 13.6.